The summed E-state index contributed by atoms with van der Waals surface area (Å²) < 4.78 is 15.7. The van der Waals surface area contributed by atoms with Crippen molar-refractivity contribution in [2.45, 2.75) is 6.92 Å². The molecule has 8 heteroatoms. The van der Waals surface area contributed by atoms with Crippen LogP contribution in [0.1, 0.15) is 11.3 Å². The van der Waals surface area contributed by atoms with Crippen molar-refractivity contribution in [3.63, 3.8) is 0 Å². The molecule has 0 aliphatic rings. The van der Waals surface area contributed by atoms with E-state index in [0.29, 0.717) is 27.2 Å². The van der Waals surface area contributed by atoms with Crippen molar-refractivity contribution in [3.05, 3.63) is 70.8 Å². The number of fused-ring (bicyclic) bond motifs is 1. The Labute approximate surface area is 157 Å². The number of rotatable bonds is 4. The highest BCUT2D eigenvalue weighted by atomic mass is 35.5. The van der Waals surface area contributed by atoms with Gasteiger partial charge in [0.1, 0.15) is 11.0 Å². The number of anilines is 1. The molecule has 0 spiro atoms. The van der Waals surface area contributed by atoms with Gasteiger partial charge in [0, 0.05) is 0 Å². The maximum Gasteiger partial charge on any atom is 0.204 e. The summed E-state index contributed by atoms with van der Waals surface area (Å²) in [6.45, 7) is 1.84. The van der Waals surface area contributed by atoms with E-state index in [1.54, 1.807) is 23.0 Å². The SMILES string of the molecule is Cc1nn(-c2ccc(F)cc2)c(Cl)c1/C=N/Nc1nc2ccccc2s1. The minimum atomic E-state index is -0.310. The van der Waals surface area contributed by atoms with E-state index in [1.165, 1.54) is 23.5 Å². The van der Waals surface area contributed by atoms with Crippen LogP contribution in [0.25, 0.3) is 15.9 Å². The summed E-state index contributed by atoms with van der Waals surface area (Å²) in [7, 11) is 0. The molecule has 0 atom stereocenters. The number of hydrogen-bond acceptors (Lipinski definition) is 5. The van der Waals surface area contributed by atoms with Crippen molar-refractivity contribution in [3.8, 4) is 5.69 Å². The summed E-state index contributed by atoms with van der Waals surface area (Å²) in [4.78, 5) is 4.45. The van der Waals surface area contributed by atoms with Crippen molar-refractivity contribution >= 4 is 44.5 Å². The zero-order chi connectivity index (χ0) is 18.1. The molecule has 0 fully saturated rings. The number of hydrazone groups is 1. The quantitative estimate of drug-likeness (QED) is 0.396. The summed E-state index contributed by atoms with van der Waals surface area (Å²) in [6.07, 6.45) is 1.61. The van der Waals surface area contributed by atoms with Gasteiger partial charge < -0.3 is 0 Å². The lowest BCUT2D eigenvalue weighted by molar-refractivity contribution is 0.627. The van der Waals surface area contributed by atoms with Gasteiger partial charge in [-0.3, -0.25) is 5.43 Å². The van der Waals surface area contributed by atoms with Crippen LogP contribution in [0.4, 0.5) is 9.52 Å². The lowest BCUT2D eigenvalue weighted by Gasteiger charge is -2.02. The van der Waals surface area contributed by atoms with Crippen LogP contribution in [0.2, 0.25) is 5.15 Å². The second-order valence-corrected chi connectivity index (χ2v) is 6.92. The van der Waals surface area contributed by atoms with E-state index in [-0.39, 0.29) is 5.82 Å². The van der Waals surface area contributed by atoms with Crippen molar-refractivity contribution < 1.29 is 4.39 Å². The Bertz CT molecular complexity index is 1070. The molecule has 0 bridgehead atoms. The summed E-state index contributed by atoms with van der Waals surface area (Å²) >= 11 is 7.94. The first-order valence-electron chi connectivity index (χ1n) is 7.77. The summed E-state index contributed by atoms with van der Waals surface area (Å²) in [5.41, 5.74) is 5.93. The molecule has 4 rings (SSSR count). The maximum atomic E-state index is 13.1. The molecular weight excluding hydrogens is 373 g/mol. The standard InChI is InChI=1S/C18H13ClFN5S/c1-11-14(17(19)25(24-11)13-8-6-12(20)7-9-13)10-21-23-18-22-15-4-2-3-5-16(15)26-18/h2-10H,1H3,(H,22,23)/b21-10+. The minimum Gasteiger partial charge on any atom is -0.253 e. The average Bonchev–Trinajstić information content (AvgIpc) is 3.17. The molecule has 130 valence electrons. The molecule has 2 aromatic heterocycles. The highest BCUT2D eigenvalue weighted by Crippen LogP contribution is 2.26. The molecule has 0 amide bonds. The predicted molar refractivity (Wildman–Crippen MR) is 104 cm³/mol. The normalized spacial score (nSPS) is 11.5. The van der Waals surface area contributed by atoms with E-state index < -0.39 is 0 Å². The number of benzene rings is 2. The highest BCUT2D eigenvalue weighted by molar-refractivity contribution is 7.22. The molecule has 2 aromatic carbocycles. The second kappa shape index (κ2) is 6.86. The molecule has 4 aromatic rings. The molecule has 5 nitrogen and oxygen atoms in total. The number of halogens is 2. The van der Waals surface area contributed by atoms with Crippen LogP contribution in [0, 0.1) is 12.7 Å². The monoisotopic (exact) mass is 385 g/mol. The van der Waals surface area contributed by atoms with Crippen LogP contribution >= 0.6 is 22.9 Å². The zero-order valence-corrected chi connectivity index (χ0v) is 15.2. The van der Waals surface area contributed by atoms with Crippen LogP contribution in [0.5, 0.6) is 0 Å². The number of nitrogens with zero attached hydrogens (tertiary/aromatic N) is 4. The predicted octanol–water partition coefficient (Wildman–Crippen LogP) is 5.03. The lowest BCUT2D eigenvalue weighted by atomic mass is 10.3. The zero-order valence-electron chi connectivity index (χ0n) is 13.6. The Morgan fingerprint density at radius 2 is 1.96 bits per heavy atom. The first kappa shape index (κ1) is 16.7. The number of hydrogen-bond donors (Lipinski definition) is 1. The molecule has 2 heterocycles. The van der Waals surface area contributed by atoms with Gasteiger partial charge in [0.25, 0.3) is 0 Å². The molecule has 0 unspecified atom stereocenters. The number of thiazole rings is 1. The van der Waals surface area contributed by atoms with Crippen molar-refractivity contribution in [1.29, 1.82) is 0 Å². The van der Waals surface area contributed by atoms with Gasteiger partial charge in [0.05, 0.1) is 33.4 Å². The van der Waals surface area contributed by atoms with Crippen molar-refractivity contribution in [1.82, 2.24) is 14.8 Å². The van der Waals surface area contributed by atoms with E-state index in [0.717, 1.165) is 10.2 Å². The number of nitrogens with one attached hydrogen (secondary N) is 1. The Kier molecular flexibility index (Phi) is 4.40. The first-order valence-corrected chi connectivity index (χ1v) is 8.97. The first-order chi connectivity index (χ1) is 12.6. The van der Waals surface area contributed by atoms with Crippen LogP contribution in [0.3, 0.4) is 0 Å². The lowest BCUT2D eigenvalue weighted by Crippen LogP contribution is -1.97. The third-order valence-corrected chi connectivity index (χ3v) is 5.07. The van der Waals surface area contributed by atoms with Gasteiger partial charge in [0.2, 0.25) is 5.13 Å². The Morgan fingerprint density at radius 1 is 1.19 bits per heavy atom. The van der Waals surface area contributed by atoms with Gasteiger partial charge in [-0.15, -0.1) is 0 Å². The topological polar surface area (TPSA) is 55.1 Å². The number of aromatic nitrogens is 3. The fraction of sp³-hybridized carbons (Fsp3) is 0.0556. The van der Waals surface area contributed by atoms with E-state index in [9.17, 15) is 4.39 Å². The fourth-order valence-corrected chi connectivity index (χ4v) is 3.62. The van der Waals surface area contributed by atoms with Gasteiger partial charge >= 0.3 is 0 Å². The Balaban J connectivity index is 1.57. The van der Waals surface area contributed by atoms with E-state index >= 15 is 0 Å². The van der Waals surface area contributed by atoms with Crippen LogP contribution < -0.4 is 5.43 Å². The van der Waals surface area contributed by atoms with Gasteiger partial charge in [0.15, 0.2) is 0 Å². The molecular formula is C18H13ClFN5S. The van der Waals surface area contributed by atoms with Gasteiger partial charge in [-0.25, -0.2) is 14.1 Å². The van der Waals surface area contributed by atoms with E-state index in [1.807, 2.05) is 31.2 Å². The Hall–Kier alpha value is -2.77. The second-order valence-electron chi connectivity index (χ2n) is 5.53. The summed E-state index contributed by atoms with van der Waals surface area (Å²) in [5.74, 6) is -0.310. The summed E-state index contributed by atoms with van der Waals surface area (Å²) in [6, 6.07) is 13.9. The average molecular weight is 386 g/mol. The number of para-hydroxylation sites is 1. The maximum absolute atomic E-state index is 13.1. The molecule has 1 N–H and O–H groups in total. The number of aryl methyl sites for hydroxylation is 1. The largest absolute Gasteiger partial charge is 0.253 e. The Morgan fingerprint density at radius 3 is 2.73 bits per heavy atom. The van der Waals surface area contributed by atoms with E-state index in [4.69, 9.17) is 11.6 Å². The summed E-state index contributed by atoms with van der Waals surface area (Å²) in [5, 5.41) is 9.73. The third-order valence-electron chi connectivity index (χ3n) is 3.77. The van der Waals surface area contributed by atoms with Crippen LogP contribution in [-0.2, 0) is 0 Å². The molecule has 0 saturated carbocycles. The van der Waals surface area contributed by atoms with Gasteiger partial charge in [-0.2, -0.15) is 10.2 Å². The smallest absolute Gasteiger partial charge is 0.204 e. The van der Waals surface area contributed by atoms with Crippen LogP contribution in [-0.4, -0.2) is 21.0 Å². The van der Waals surface area contributed by atoms with Gasteiger partial charge in [-0.1, -0.05) is 35.1 Å². The highest BCUT2D eigenvalue weighted by Gasteiger charge is 2.13. The van der Waals surface area contributed by atoms with Gasteiger partial charge in [-0.05, 0) is 43.3 Å². The van der Waals surface area contributed by atoms with Crippen LogP contribution in [0.15, 0.2) is 53.6 Å². The van der Waals surface area contributed by atoms with E-state index in [2.05, 4.69) is 20.6 Å². The molecule has 26 heavy (non-hydrogen) atoms. The minimum absolute atomic E-state index is 0.310. The molecule has 0 radical (unpaired) electrons. The van der Waals surface area contributed by atoms with Crippen molar-refractivity contribution in [2.75, 3.05) is 5.43 Å². The fourth-order valence-electron chi connectivity index (χ4n) is 2.48. The molecule has 0 aliphatic heterocycles. The molecule has 0 aliphatic carbocycles. The molecule has 0 saturated heterocycles. The van der Waals surface area contributed by atoms with Crippen molar-refractivity contribution in [2.24, 2.45) is 5.10 Å². The third kappa shape index (κ3) is 3.18.